The van der Waals surface area contributed by atoms with Crippen molar-refractivity contribution in [2.24, 2.45) is 11.3 Å². The zero-order chi connectivity index (χ0) is 15.3. The molecule has 0 aromatic carbocycles. The van der Waals surface area contributed by atoms with Crippen LogP contribution in [0.15, 0.2) is 0 Å². The average molecular weight is 289 g/mol. The van der Waals surface area contributed by atoms with Gasteiger partial charge in [-0.3, -0.25) is 0 Å². The van der Waals surface area contributed by atoms with Gasteiger partial charge in [0.2, 0.25) is 0 Å². The summed E-state index contributed by atoms with van der Waals surface area (Å²) in [7, 11) is 1.68. The van der Waals surface area contributed by atoms with E-state index in [0.29, 0.717) is 37.8 Å². The maximum Gasteiger partial charge on any atom is 0.0701 e. The molecule has 0 aliphatic rings. The SMILES string of the molecule is CCCNCC(CCOCCOCCOC)C(C)(C)C. The third-order valence-electron chi connectivity index (χ3n) is 3.46. The molecule has 4 heteroatoms. The lowest BCUT2D eigenvalue weighted by atomic mass is 9.79. The van der Waals surface area contributed by atoms with Crippen LogP contribution in [0.3, 0.4) is 0 Å². The van der Waals surface area contributed by atoms with Crippen LogP contribution in [0.25, 0.3) is 0 Å². The van der Waals surface area contributed by atoms with E-state index in [4.69, 9.17) is 14.2 Å². The van der Waals surface area contributed by atoms with Gasteiger partial charge in [0.05, 0.1) is 26.4 Å². The zero-order valence-electron chi connectivity index (χ0n) is 14.2. The number of hydrogen-bond donors (Lipinski definition) is 1. The minimum absolute atomic E-state index is 0.319. The average Bonchev–Trinajstić information content (AvgIpc) is 2.38. The summed E-state index contributed by atoms with van der Waals surface area (Å²) >= 11 is 0. The lowest BCUT2D eigenvalue weighted by Gasteiger charge is -2.31. The van der Waals surface area contributed by atoms with Crippen LogP contribution in [-0.4, -0.2) is 53.2 Å². The molecule has 4 nitrogen and oxygen atoms in total. The molecule has 1 atom stereocenters. The molecule has 0 heterocycles. The van der Waals surface area contributed by atoms with Gasteiger partial charge in [0.1, 0.15) is 0 Å². The van der Waals surface area contributed by atoms with Crippen LogP contribution in [0.2, 0.25) is 0 Å². The van der Waals surface area contributed by atoms with Gasteiger partial charge in [-0.15, -0.1) is 0 Å². The smallest absolute Gasteiger partial charge is 0.0701 e. The molecule has 0 aliphatic heterocycles. The Morgan fingerprint density at radius 3 is 2.10 bits per heavy atom. The van der Waals surface area contributed by atoms with Crippen molar-refractivity contribution in [3.8, 4) is 0 Å². The van der Waals surface area contributed by atoms with Crippen molar-refractivity contribution >= 4 is 0 Å². The van der Waals surface area contributed by atoms with E-state index in [-0.39, 0.29) is 0 Å². The highest BCUT2D eigenvalue weighted by Crippen LogP contribution is 2.28. The highest BCUT2D eigenvalue weighted by atomic mass is 16.5. The predicted octanol–water partition coefficient (Wildman–Crippen LogP) is 2.72. The zero-order valence-corrected chi connectivity index (χ0v) is 14.2. The Balaban J connectivity index is 3.64. The first-order valence-electron chi connectivity index (χ1n) is 7.87. The summed E-state index contributed by atoms with van der Waals surface area (Å²) in [5.41, 5.74) is 0.319. The van der Waals surface area contributed by atoms with E-state index in [1.54, 1.807) is 7.11 Å². The van der Waals surface area contributed by atoms with Crippen molar-refractivity contribution in [3.05, 3.63) is 0 Å². The first-order chi connectivity index (χ1) is 9.52. The molecule has 0 spiro atoms. The maximum absolute atomic E-state index is 5.65. The first kappa shape index (κ1) is 19.8. The van der Waals surface area contributed by atoms with Crippen molar-refractivity contribution < 1.29 is 14.2 Å². The van der Waals surface area contributed by atoms with E-state index in [1.165, 1.54) is 6.42 Å². The van der Waals surface area contributed by atoms with Crippen LogP contribution in [0.5, 0.6) is 0 Å². The normalized spacial score (nSPS) is 13.7. The monoisotopic (exact) mass is 289 g/mol. The third-order valence-corrected chi connectivity index (χ3v) is 3.46. The molecule has 0 aliphatic carbocycles. The number of ether oxygens (including phenoxy) is 3. The number of nitrogens with one attached hydrogen (secondary N) is 1. The second kappa shape index (κ2) is 12.6. The molecule has 0 saturated heterocycles. The molecule has 1 N–H and O–H groups in total. The van der Waals surface area contributed by atoms with Gasteiger partial charge in [-0.2, -0.15) is 0 Å². The Hall–Kier alpha value is -0.160. The second-order valence-corrected chi connectivity index (χ2v) is 6.27. The summed E-state index contributed by atoms with van der Waals surface area (Å²) in [6.07, 6.45) is 2.28. The summed E-state index contributed by atoms with van der Waals surface area (Å²) in [6, 6.07) is 0. The van der Waals surface area contributed by atoms with Gasteiger partial charge in [0.25, 0.3) is 0 Å². The highest BCUT2D eigenvalue weighted by Gasteiger charge is 2.23. The van der Waals surface area contributed by atoms with E-state index in [9.17, 15) is 0 Å². The largest absolute Gasteiger partial charge is 0.382 e. The van der Waals surface area contributed by atoms with Crippen LogP contribution in [-0.2, 0) is 14.2 Å². The Bertz CT molecular complexity index is 204. The van der Waals surface area contributed by atoms with Gasteiger partial charge in [-0.05, 0) is 37.3 Å². The molecule has 0 fully saturated rings. The number of methoxy groups -OCH3 is 1. The molecular formula is C16H35NO3. The topological polar surface area (TPSA) is 39.7 Å². The van der Waals surface area contributed by atoms with Gasteiger partial charge in [0.15, 0.2) is 0 Å². The van der Waals surface area contributed by atoms with Crippen molar-refractivity contribution in [1.82, 2.24) is 5.32 Å². The fraction of sp³-hybridized carbons (Fsp3) is 1.00. The van der Waals surface area contributed by atoms with Gasteiger partial charge >= 0.3 is 0 Å². The Kier molecular flexibility index (Phi) is 12.5. The van der Waals surface area contributed by atoms with Crippen LogP contribution in [0, 0.1) is 11.3 Å². The lowest BCUT2D eigenvalue weighted by molar-refractivity contribution is 0.0181. The van der Waals surface area contributed by atoms with E-state index in [1.807, 2.05) is 0 Å². The van der Waals surface area contributed by atoms with Crippen LogP contribution in [0.4, 0.5) is 0 Å². The van der Waals surface area contributed by atoms with Crippen LogP contribution < -0.4 is 5.32 Å². The summed E-state index contributed by atoms with van der Waals surface area (Å²) < 4.78 is 15.9. The van der Waals surface area contributed by atoms with Gasteiger partial charge in [-0.1, -0.05) is 27.7 Å². The maximum atomic E-state index is 5.65. The van der Waals surface area contributed by atoms with Crippen LogP contribution in [0.1, 0.15) is 40.5 Å². The molecular weight excluding hydrogens is 254 g/mol. The quantitative estimate of drug-likeness (QED) is 0.529. The molecule has 0 aromatic heterocycles. The Morgan fingerprint density at radius 2 is 1.55 bits per heavy atom. The van der Waals surface area contributed by atoms with Crippen molar-refractivity contribution in [2.75, 3.05) is 53.2 Å². The molecule has 0 rings (SSSR count). The summed E-state index contributed by atoms with van der Waals surface area (Å²) in [6.45, 7) is 14.7. The van der Waals surface area contributed by atoms with Gasteiger partial charge in [-0.25, -0.2) is 0 Å². The molecule has 0 bridgehead atoms. The third kappa shape index (κ3) is 11.6. The molecule has 20 heavy (non-hydrogen) atoms. The van der Waals surface area contributed by atoms with E-state index < -0.39 is 0 Å². The fourth-order valence-corrected chi connectivity index (χ4v) is 1.98. The number of hydrogen-bond acceptors (Lipinski definition) is 4. The van der Waals surface area contributed by atoms with E-state index >= 15 is 0 Å². The Labute approximate surface area is 125 Å². The van der Waals surface area contributed by atoms with Gasteiger partial charge in [0, 0.05) is 13.7 Å². The van der Waals surface area contributed by atoms with Gasteiger partial charge < -0.3 is 19.5 Å². The van der Waals surface area contributed by atoms with Crippen molar-refractivity contribution in [2.45, 2.75) is 40.5 Å². The molecule has 0 saturated carbocycles. The first-order valence-corrected chi connectivity index (χ1v) is 7.87. The van der Waals surface area contributed by atoms with E-state index in [0.717, 1.165) is 26.1 Å². The molecule has 0 aromatic rings. The second-order valence-electron chi connectivity index (χ2n) is 6.27. The molecule has 0 amide bonds. The van der Waals surface area contributed by atoms with Crippen LogP contribution >= 0.6 is 0 Å². The standard InChI is InChI=1S/C16H35NO3/c1-6-8-17-14-15(16(2,3)4)7-9-19-12-13-20-11-10-18-5/h15,17H,6-14H2,1-5H3. The summed E-state index contributed by atoms with van der Waals surface area (Å²) in [5.74, 6) is 0.642. The molecule has 1 unspecified atom stereocenters. The van der Waals surface area contributed by atoms with E-state index in [2.05, 4.69) is 33.0 Å². The summed E-state index contributed by atoms with van der Waals surface area (Å²) in [5, 5.41) is 3.52. The van der Waals surface area contributed by atoms with Crippen molar-refractivity contribution in [3.63, 3.8) is 0 Å². The van der Waals surface area contributed by atoms with Crippen molar-refractivity contribution in [1.29, 1.82) is 0 Å². The molecule has 122 valence electrons. The molecule has 0 radical (unpaired) electrons. The minimum atomic E-state index is 0.319. The Morgan fingerprint density at radius 1 is 0.950 bits per heavy atom. The summed E-state index contributed by atoms with van der Waals surface area (Å²) in [4.78, 5) is 0. The highest BCUT2D eigenvalue weighted by molar-refractivity contribution is 4.75. The fourth-order valence-electron chi connectivity index (χ4n) is 1.98. The number of rotatable bonds is 13. The minimum Gasteiger partial charge on any atom is -0.382 e. The lowest BCUT2D eigenvalue weighted by Crippen LogP contribution is -2.33. The predicted molar refractivity (Wildman–Crippen MR) is 84.2 cm³/mol.